The van der Waals surface area contributed by atoms with Gasteiger partial charge in [-0.1, -0.05) is 26.0 Å². The summed E-state index contributed by atoms with van der Waals surface area (Å²) in [6.07, 6.45) is 0. The molecule has 0 saturated heterocycles. The molecule has 0 amide bonds. The molecule has 2 rings (SSSR count). The van der Waals surface area contributed by atoms with Gasteiger partial charge in [-0.05, 0) is 42.7 Å². The summed E-state index contributed by atoms with van der Waals surface area (Å²) >= 11 is 0. The maximum absolute atomic E-state index is 11.4. The van der Waals surface area contributed by atoms with Crippen molar-refractivity contribution in [3.05, 3.63) is 53.5 Å². The summed E-state index contributed by atoms with van der Waals surface area (Å²) in [7, 11) is 1.34. The van der Waals surface area contributed by atoms with Crippen LogP contribution in [0.2, 0.25) is 0 Å². The standard InChI is InChI=1S/C17H21NO3/c1-11(2)13-6-5-7-14(10-13)18-12(3)15-8-9-16(21-15)17(19)20-4/h5-12,18H,1-4H3. The molecule has 21 heavy (non-hydrogen) atoms. The SMILES string of the molecule is COC(=O)c1ccc(C(C)Nc2cccc(C(C)C)c2)o1. The van der Waals surface area contributed by atoms with E-state index in [1.807, 2.05) is 19.1 Å². The van der Waals surface area contributed by atoms with Crippen molar-refractivity contribution < 1.29 is 13.9 Å². The van der Waals surface area contributed by atoms with Gasteiger partial charge in [0.25, 0.3) is 0 Å². The zero-order valence-corrected chi connectivity index (χ0v) is 12.8. The Morgan fingerprint density at radius 2 is 1.95 bits per heavy atom. The van der Waals surface area contributed by atoms with E-state index in [-0.39, 0.29) is 11.8 Å². The number of furan rings is 1. The predicted molar refractivity (Wildman–Crippen MR) is 82.6 cm³/mol. The maximum Gasteiger partial charge on any atom is 0.373 e. The van der Waals surface area contributed by atoms with E-state index in [1.54, 1.807) is 12.1 Å². The molecule has 0 aliphatic carbocycles. The number of nitrogens with one attached hydrogen (secondary N) is 1. The van der Waals surface area contributed by atoms with Crippen LogP contribution in [0.1, 0.15) is 54.6 Å². The Morgan fingerprint density at radius 3 is 2.62 bits per heavy atom. The summed E-state index contributed by atoms with van der Waals surface area (Å²) in [6.45, 7) is 6.32. The highest BCUT2D eigenvalue weighted by molar-refractivity contribution is 5.86. The van der Waals surface area contributed by atoms with Crippen molar-refractivity contribution in [2.24, 2.45) is 0 Å². The second-order valence-corrected chi connectivity index (χ2v) is 5.34. The summed E-state index contributed by atoms with van der Waals surface area (Å²) in [4.78, 5) is 11.4. The summed E-state index contributed by atoms with van der Waals surface area (Å²) < 4.78 is 10.1. The van der Waals surface area contributed by atoms with E-state index in [4.69, 9.17) is 4.42 Å². The van der Waals surface area contributed by atoms with E-state index in [0.29, 0.717) is 11.7 Å². The number of carbonyl (C=O) groups excluding carboxylic acids is 1. The van der Waals surface area contributed by atoms with Gasteiger partial charge in [0.2, 0.25) is 5.76 Å². The van der Waals surface area contributed by atoms with Crippen LogP contribution in [0.5, 0.6) is 0 Å². The van der Waals surface area contributed by atoms with Crippen LogP contribution < -0.4 is 5.32 Å². The van der Waals surface area contributed by atoms with Gasteiger partial charge in [-0.3, -0.25) is 0 Å². The van der Waals surface area contributed by atoms with Gasteiger partial charge in [0.15, 0.2) is 0 Å². The van der Waals surface area contributed by atoms with Gasteiger partial charge >= 0.3 is 5.97 Å². The number of esters is 1. The number of hydrogen-bond donors (Lipinski definition) is 1. The number of methoxy groups -OCH3 is 1. The Bertz CT molecular complexity index is 616. The number of anilines is 1. The molecule has 0 aliphatic rings. The van der Waals surface area contributed by atoms with Crippen molar-refractivity contribution in [3.63, 3.8) is 0 Å². The lowest BCUT2D eigenvalue weighted by Gasteiger charge is -2.15. The van der Waals surface area contributed by atoms with E-state index in [9.17, 15) is 4.79 Å². The second kappa shape index (κ2) is 6.48. The van der Waals surface area contributed by atoms with Crippen molar-refractivity contribution in [1.29, 1.82) is 0 Å². The molecule has 1 unspecified atom stereocenters. The quantitative estimate of drug-likeness (QED) is 0.830. The molecule has 4 nitrogen and oxygen atoms in total. The smallest absolute Gasteiger partial charge is 0.373 e. The molecular formula is C17H21NO3. The molecule has 4 heteroatoms. The van der Waals surface area contributed by atoms with E-state index in [1.165, 1.54) is 12.7 Å². The van der Waals surface area contributed by atoms with Gasteiger partial charge in [-0.25, -0.2) is 4.79 Å². The number of carbonyl (C=O) groups is 1. The number of benzene rings is 1. The van der Waals surface area contributed by atoms with E-state index in [2.05, 4.69) is 36.0 Å². The first-order chi connectivity index (χ1) is 10.0. The Balaban J connectivity index is 2.10. The van der Waals surface area contributed by atoms with Crippen LogP contribution >= 0.6 is 0 Å². The predicted octanol–water partition coefficient (Wildman–Crippen LogP) is 4.36. The fourth-order valence-corrected chi connectivity index (χ4v) is 2.10. The average Bonchev–Trinajstić information content (AvgIpc) is 2.96. The van der Waals surface area contributed by atoms with Gasteiger partial charge in [0, 0.05) is 5.69 Å². The van der Waals surface area contributed by atoms with Gasteiger partial charge in [0.1, 0.15) is 5.76 Å². The lowest BCUT2D eigenvalue weighted by atomic mass is 10.0. The first kappa shape index (κ1) is 15.2. The first-order valence-electron chi connectivity index (χ1n) is 7.05. The molecule has 1 N–H and O–H groups in total. The highest BCUT2D eigenvalue weighted by atomic mass is 16.5. The number of ether oxygens (including phenoxy) is 1. The molecule has 1 heterocycles. The number of hydrogen-bond acceptors (Lipinski definition) is 4. The minimum Gasteiger partial charge on any atom is -0.463 e. The molecular weight excluding hydrogens is 266 g/mol. The minimum absolute atomic E-state index is 0.0363. The monoisotopic (exact) mass is 287 g/mol. The van der Waals surface area contributed by atoms with Gasteiger partial charge < -0.3 is 14.5 Å². The van der Waals surface area contributed by atoms with Crippen molar-refractivity contribution in [3.8, 4) is 0 Å². The van der Waals surface area contributed by atoms with Crippen LogP contribution in [0, 0.1) is 0 Å². The van der Waals surface area contributed by atoms with Crippen LogP contribution in [0.15, 0.2) is 40.8 Å². The molecule has 2 aromatic rings. The van der Waals surface area contributed by atoms with Crippen LogP contribution in [0.3, 0.4) is 0 Å². The van der Waals surface area contributed by atoms with Gasteiger partial charge in [-0.15, -0.1) is 0 Å². The van der Waals surface area contributed by atoms with Crippen LogP contribution in [0.25, 0.3) is 0 Å². The highest BCUT2D eigenvalue weighted by Crippen LogP contribution is 2.24. The normalized spacial score (nSPS) is 12.2. The largest absolute Gasteiger partial charge is 0.463 e. The third-order valence-electron chi connectivity index (χ3n) is 3.38. The number of rotatable bonds is 5. The lowest BCUT2D eigenvalue weighted by molar-refractivity contribution is 0.0562. The average molecular weight is 287 g/mol. The van der Waals surface area contributed by atoms with E-state index in [0.717, 1.165) is 5.69 Å². The molecule has 0 spiro atoms. The van der Waals surface area contributed by atoms with E-state index >= 15 is 0 Å². The van der Waals surface area contributed by atoms with Crippen molar-refractivity contribution in [2.75, 3.05) is 12.4 Å². The third-order valence-corrected chi connectivity index (χ3v) is 3.38. The Morgan fingerprint density at radius 1 is 1.19 bits per heavy atom. The summed E-state index contributed by atoms with van der Waals surface area (Å²) in [6, 6.07) is 11.7. The Hall–Kier alpha value is -2.23. The first-order valence-corrected chi connectivity index (χ1v) is 7.05. The maximum atomic E-state index is 11.4. The molecule has 112 valence electrons. The zero-order chi connectivity index (χ0) is 15.4. The van der Waals surface area contributed by atoms with E-state index < -0.39 is 5.97 Å². The summed E-state index contributed by atoms with van der Waals surface area (Å²) in [5, 5.41) is 3.38. The van der Waals surface area contributed by atoms with Gasteiger partial charge in [-0.2, -0.15) is 0 Å². The fraction of sp³-hybridized carbons (Fsp3) is 0.353. The van der Waals surface area contributed by atoms with Crippen LogP contribution in [-0.4, -0.2) is 13.1 Å². The fourth-order valence-electron chi connectivity index (χ4n) is 2.10. The molecule has 0 saturated carbocycles. The third kappa shape index (κ3) is 3.66. The molecule has 1 aromatic carbocycles. The topological polar surface area (TPSA) is 51.5 Å². The Labute approximate surface area is 125 Å². The molecule has 1 aromatic heterocycles. The highest BCUT2D eigenvalue weighted by Gasteiger charge is 2.15. The second-order valence-electron chi connectivity index (χ2n) is 5.34. The van der Waals surface area contributed by atoms with Crippen molar-refractivity contribution in [1.82, 2.24) is 0 Å². The molecule has 1 atom stereocenters. The Kier molecular flexibility index (Phi) is 4.68. The summed E-state index contributed by atoms with van der Waals surface area (Å²) in [5.74, 6) is 0.939. The van der Waals surface area contributed by atoms with Crippen LogP contribution in [-0.2, 0) is 4.74 Å². The van der Waals surface area contributed by atoms with Gasteiger partial charge in [0.05, 0.1) is 13.2 Å². The molecule has 0 aliphatic heterocycles. The van der Waals surface area contributed by atoms with Crippen LogP contribution in [0.4, 0.5) is 5.69 Å². The zero-order valence-electron chi connectivity index (χ0n) is 12.8. The van der Waals surface area contributed by atoms with Crippen molar-refractivity contribution >= 4 is 11.7 Å². The molecule has 0 radical (unpaired) electrons. The van der Waals surface area contributed by atoms with Crippen molar-refractivity contribution in [2.45, 2.75) is 32.7 Å². The summed E-state index contributed by atoms with van der Waals surface area (Å²) in [5.41, 5.74) is 2.31. The minimum atomic E-state index is -0.463. The lowest BCUT2D eigenvalue weighted by Crippen LogP contribution is -2.06. The molecule has 0 fully saturated rings. The molecule has 0 bridgehead atoms.